The van der Waals surface area contributed by atoms with Gasteiger partial charge in [0.25, 0.3) is 5.91 Å². The molecule has 0 fully saturated rings. The van der Waals surface area contributed by atoms with Crippen LogP contribution in [0.25, 0.3) is 6.08 Å². The summed E-state index contributed by atoms with van der Waals surface area (Å²) in [5.74, 6) is -1.38. The van der Waals surface area contributed by atoms with Crippen molar-refractivity contribution in [3.05, 3.63) is 65.5 Å². The highest BCUT2D eigenvalue weighted by molar-refractivity contribution is 6.09. The Morgan fingerprint density at radius 3 is 2.46 bits per heavy atom. The second-order valence-electron chi connectivity index (χ2n) is 4.55. The fourth-order valence-electron chi connectivity index (χ4n) is 1.84. The molecule has 0 aromatic heterocycles. The summed E-state index contributed by atoms with van der Waals surface area (Å²) in [6.45, 7) is -3.03. The van der Waals surface area contributed by atoms with Crippen molar-refractivity contribution in [1.82, 2.24) is 0 Å². The zero-order chi connectivity index (χ0) is 17.5. The average molecular weight is 332 g/mol. The van der Waals surface area contributed by atoms with E-state index in [9.17, 15) is 18.0 Å². The van der Waals surface area contributed by atoms with Crippen LogP contribution in [-0.2, 0) is 4.79 Å². The van der Waals surface area contributed by atoms with Gasteiger partial charge in [-0.25, -0.2) is 4.39 Å². The molecule has 2 aromatic carbocycles. The number of amides is 1. The van der Waals surface area contributed by atoms with Gasteiger partial charge in [0.05, 0.1) is 0 Å². The number of benzene rings is 2. The Morgan fingerprint density at radius 2 is 1.83 bits per heavy atom. The van der Waals surface area contributed by atoms with Crippen LogP contribution >= 0.6 is 0 Å². The van der Waals surface area contributed by atoms with E-state index in [0.29, 0.717) is 5.69 Å². The molecule has 0 aliphatic heterocycles. The van der Waals surface area contributed by atoms with Gasteiger partial charge in [0.2, 0.25) is 0 Å². The molecule has 0 atom stereocenters. The van der Waals surface area contributed by atoms with Gasteiger partial charge in [-0.2, -0.15) is 14.0 Å². The second-order valence-corrected chi connectivity index (χ2v) is 4.55. The molecule has 7 heteroatoms. The fraction of sp³-hybridized carbons (Fsp3) is 0.0588. The van der Waals surface area contributed by atoms with Gasteiger partial charge in [0.1, 0.15) is 23.2 Å². The Morgan fingerprint density at radius 1 is 1.17 bits per heavy atom. The molecular formula is C17H11F3N2O2. The first kappa shape index (κ1) is 17.1. The Bertz CT molecular complexity index is 796. The van der Waals surface area contributed by atoms with E-state index in [1.54, 1.807) is 12.1 Å². The Balaban J connectivity index is 2.24. The zero-order valence-corrected chi connectivity index (χ0v) is 12.2. The van der Waals surface area contributed by atoms with Gasteiger partial charge in [-0.05, 0) is 36.4 Å². The summed E-state index contributed by atoms with van der Waals surface area (Å²) >= 11 is 0. The monoisotopic (exact) mass is 332 g/mol. The molecule has 0 aliphatic carbocycles. The third-order valence-corrected chi connectivity index (χ3v) is 2.90. The largest absolute Gasteiger partial charge is 0.434 e. The van der Waals surface area contributed by atoms with Crippen molar-refractivity contribution in [2.75, 3.05) is 5.32 Å². The van der Waals surface area contributed by atoms with E-state index in [-0.39, 0.29) is 16.9 Å². The van der Waals surface area contributed by atoms with Crippen LogP contribution < -0.4 is 10.1 Å². The lowest BCUT2D eigenvalue weighted by atomic mass is 10.1. The van der Waals surface area contributed by atoms with Crippen LogP contribution in [0.1, 0.15) is 5.56 Å². The van der Waals surface area contributed by atoms with Gasteiger partial charge < -0.3 is 10.1 Å². The van der Waals surface area contributed by atoms with Crippen LogP contribution in [0.4, 0.5) is 18.9 Å². The average Bonchev–Trinajstić information content (AvgIpc) is 2.55. The van der Waals surface area contributed by atoms with Crippen LogP contribution in [0, 0.1) is 17.1 Å². The number of nitrogens with zero attached hydrogens (tertiary/aromatic N) is 1. The summed E-state index contributed by atoms with van der Waals surface area (Å²) in [7, 11) is 0. The number of para-hydroxylation sites is 1. The van der Waals surface area contributed by atoms with Gasteiger partial charge in [-0.1, -0.05) is 18.2 Å². The third kappa shape index (κ3) is 4.61. The molecule has 0 saturated heterocycles. The van der Waals surface area contributed by atoms with E-state index < -0.39 is 18.3 Å². The van der Waals surface area contributed by atoms with Crippen molar-refractivity contribution < 1.29 is 22.7 Å². The van der Waals surface area contributed by atoms with Gasteiger partial charge >= 0.3 is 6.61 Å². The number of rotatable bonds is 5. The molecule has 1 N–H and O–H groups in total. The number of ether oxygens (including phenoxy) is 1. The molecule has 0 radical (unpaired) electrons. The van der Waals surface area contributed by atoms with E-state index in [0.717, 1.165) is 18.2 Å². The minimum absolute atomic E-state index is 0.156. The number of carbonyl (C=O) groups excluding carboxylic acids is 1. The minimum atomic E-state index is -3.03. The van der Waals surface area contributed by atoms with Crippen molar-refractivity contribution in [1.29, 1.82) is 5.26 Å². The molecule has 0 spiro atoms. The summed E-state index contributed by atoms with van der Waals surface area (Å²) in [6, 6.07) is 12.4. The summed E-state index contributed by atoms with van der Waals surface area (Å²) < 4.78 is 41.9. The second kappa shape index (κ2) is 7.83. The highest BCUT2D eigenvalue weighted by atomic mass is 19.3. The van der Waals surface area contributed by atoms with E-state index in [2.05, 4.69) is 10.1 Å². The van der Waals surface area contributed by atoms with E-state index in [4.69, 9.17) is 5.26 Å². The van der Waals surface area contributed by atoms with Crippen molar-refractivity contribution in [2.45, 2.75) is 6.61 Å². The molecule has 0 saturated carbocycles. The molecule has 0 unspecified atom stereocenters. The van der Waals surface area contributed by atoms with Crippen LogP contribution in [0.3, 0.4) is 0 Å². The van der Waals surface area contributed by atoms with Crippen molar-refractivity contribution >= 4 is 17.7 Å². The number of hydrogen-bond acceptors (Lipinski definition) is 3. The van der Waals surface area contributed by atoms with Gasteiger partial charge in [-0.15, -0.1) is 0 Å². The highest BCUT2D eigenvalue weighted by Crippen LogP contribution is 2.23. The molecule has 2 rings (SSSR count). The van der Waals surface area contributed by atoms with E-state index in [1.807, 2.05) is 0 Å². The van der Waals surface area contributed by atoms with Crippen molar-refractivity contribution in [3.8, 4) is 11.8 Å². The number of nitrogens with one attached hydrogen (secondary N) is 1. The fourth-order valence-corrected chi connectivity index (χ4v) is 1.84. The number of carbonyl (C=O) groups is 1. The summed E-state index contributed by atoms with van der Waals surface area (Å²) in [5, 5.41) is 11.5. The van der Waals surface area contributed by atoms with Gasteiger partial charge in [-0.3, -0.25) is 4.79 Å². The first-order valence-electron chi connectivity index (χ1n) is 6.72. The van der Waals surface area contributed by atoms with Crippen molar-refractivity contribution in [3.63, 3.8) is 0 Å². The maximum Gasteiger partial charge on any atom is 0.387 e. The quantitative estimate of drug-likeness (QED) is 0.665. The maximum absolute atomic E-state index is 12.8. The minimum Gasteiger partial charge on any atom is -0.434 e. The molecule has 1 amide bonds. The molecule has 0 heterocycles. The highest BCUT2D eigenvalue weighted by Gasteiger charge is 2.13. The molecule has 24 heavy (non-hydrogen) atoms. The predicted octanol–water partition coefficient (Wildman–Crippen LogP) is 3.97. The van der Waals surface area contributed by atoms with Gasteiger partial charge in [0.15, 0.2) is 0 Å². The summed E-state index contributed by atoms with van der Waals surface area (Å²) in [5.41, 5.74) is 0.132. The number of halogens is 3. The Labute approximate surface area is 135 Å². The Kier molecular flexibility index (Phi) is 5.58. The van der Waals surface area contributed by atoms with Crippen molar-refractivity contribution in [2.24, 2.45) is 0 Å². The maximum atomic E-state index is 12.8. The molecular weight excluding hydrogens is 321 g/mol. The smallest absolute Gasteiger partial charge is 0.387 e. The van der Waals surface area contributed by atoms with E-state index in [1.165, 1.54) is 30.3 Å². The molecule has 0 aliphatic rings. The number of alkyl halides is 2. The molecule has 2 aromatic rings. The Hall–Kier alpha value is -3.27. The summed E-state index contributed by atoms with van der Waals surface area (Å²) in [6.07, 6.45) is 1.14. The lowest BCUT2D eigenvalue weighted by Crippen LogP contribution is -2.13. The SMILES string of the molecule is N#C/C(=C\c1ccccc1OC(F)F)C(=O)Nc1ccc(F)cc1. The first-order chi connectivity index (χ1) is 11.5. The topological polar surface area (TPSA) is 62.1 Å². The number of nitriles is 1. The van der Waals surface area contributed by atoms with Crippen LogP contribution in [0.2, 0.25) is 0 Å². The van der Waals surface area contributed by atoms with Crippen LogP contribution in [0.15, 0.2) is 54.1 Å². The zero-order valence-electron chi connectivity index (χ0n) is 12.2. The summed E-state index contributed by atoms with van der Waals surface area (Å²) in [4.78, 5) is 12.1. The third-order valence-electron chi connectivity index (χ3n) is 2.90. The first-order valence-corrected chi connectivity index (χ1v) is 6.72. The molecule has 4 nitrogen and oxygen atoms in total. The molecule has 0 bridgehead atoms. The number of anilines is 1. The lowest BCUT2D eigenvalue weighted by Gasteiger charge is -2.08. The van der Waals surface area contributed by atoms with Gasteiger partial charge in [0, 0.05) is 11.3 Å². The predicted molar refractivity (Wildman–Crippen MR) is 81.7 cm³/mol. The molecule has 122 valence electrons. The number of hydrogen-bond donors (Lipinski definition) is 1. The van der Waals surface area contributed by atoms with Crippen LogP contribution in [0.5, 0.6) is 5.75 Å². The lowest BCUT2D eigenvalue weighted by molar-refractivity contribution is -0.112. The van der Waals surface area contributed by atoms with E-state index >= 15 is 0 Å². The standard InChI is InChI=1S/C17H11F3N2O2/c18-13-5-7-14(8-6-13)22-16(23)12(10-21)9-11-3-1-2-4-15(11)24-17(19)20/h1-9,17H,(H,22,23)/b12-9+. The normalized spacial score (nSPS) is 11.0. The van der Waals surface area contributed by atoms with Crippen LogP contribution in [-0.4, -0.2) is 12.5 Å².